The Labute approximate surface area is 122 Å². The van der Waals surface area contributed by atoms with Crippen LogP contribution in [0.4, 0.5) is 4.79 Å². The van der Waals surface area contributed by atoms with E-state index in [1.807, 2.05) is 30.3 Å². The van der Waals surface area contributed by atoms with Crippen molar-refractivity contribution in [1.82, 2.24) is 10.6 Å². The van der Waals surface area contributed by atoms with Crippen LogP contribution in [0.5, 0.6) is 0 Å². The average molecular weight is 294 g/mol. The molecule has 1 atom stereocenters. The van der Waals surface area contributed by atoms with Crippen molar-refractivity contribution >= 4 is 18.0 Å². The van der Waals surface area contributed by atoms with Gasteiger partial charge in [0.2, 0.25) is 5.91 Å². The van der Waals surface area contributed by atoms with Crippen LogP contribution in [-0.2, 0) is 20.9 Å². The van der Waals surface area contributed by atoms with Crippen molar-refractivity contribution in [2.24, 2.45) is 0 Å². The summed E-state index contributed by atoms with van der Waals surface area (Å²) in [6.07, 6.45) is -0.643. The summed E-state index contributed by atoms with van der Waals surface area (Å²) in [5.41, 5.74) is 0.862. The quantitative estimate of drug-likeness (QED) is 0.692. The Hall–Kier alpha value is -2.57. The molecule has 0 heterocycles. The zero-order chi connectivity index (χ0) is 15.7. The third-order valence-electron chi connectivity index (χ3n) is 2.58. The summed E-state index contributed by atoms with van der Waals surface area (Å²) in [5, 5.41) is 13.3. The fraction of sp³-hybridized carbons (Fsp3) is 0.357. The summed E-state index contributed by atoms with van der Waals surface area (Å²) in [6.45, 7) is 1.59. The van der Waals surface area contributed by atoms with E-state index in [2.05, 4.69) is 10.6 Å². The van der Waals surface area contributed by atoms with Crippen molar-refractivity contribution in [2.45, 2.75) is 26.0 Å². The van der Waals surface area contributed by atoms with Gasteiger partial charge in [-0.05, 0) is 12.5 Å². The predicted octanol–water partition coefficient (Wildman–Crippen LogP) is 0.892. The van der Waals surface area contributed by atoms with Gasteiger partial charge in [-0.2, -0.15) is 0 Å². The smallest absolute Gasteiger partial charge is 0.407 e. The number of aliphatic carboxylic acids is 1. The van der Waals surface area contributed by atoms with E-state index < -0.39 is 24.0 Å². The van der Waals surface area contributed by atoms with Gasteiger partial charge in [-0.15, -0.1) is 0 Å². The summed E-state index contributed by atoms with van der Waals surface area (Å²) in [4.78, 5) is 33.3. The van der Waals surface area contributed by atoms with Gasteiger partial charge in [0.1, 0.15) is 12.6 Å². The lowest BCUT2D eigenvalue weighted by atomic mass is 10.2. The molecule has 7 heteroatoms. The molecule has 0 saturated heterocycles. The van der Waals surface area contributed by atoms with Crippen LogP contribution in [0.3, 0.4) is 0 Å². The molecule has 0 aliphatic rings. The minimum atomic E-state index is -1.11. The number of alkyl carbamates (subject to hydrolysis) is 1. The topological polar surface area (TPSA) is 105 Å². The van der Waals surface area contributed by atoms with E-state index >= 15 is 0 Å². The first-order chi connectivity index (χ1) is 9.99. The molecular formula is C14H18N2O5. The van der Waals surface area contributed by atoms with Gasteiger partial charge in [-0.3, -0.25) is 9.59 Å². The van der Waals surface area contributed by atoms with Crippen molar-refractivity contribution in [1.29, 1.82) is 0 Å². The molecule has 1 aromatic rings. The van der Waals surface area contributed by atoms with Crippen molar-refractivity contribution in [2.75, 3.05) is 6.54 Å². The fourth-order valence-electron chi connectivity index (χ4n) is 1.43. The number of carboxylic acids is 1. The lowest BCUT2D eigenvalue weighted by Gasteiger charge is -2.10. The number of ether oxygens (including phenoxy) is 1. The molecule has 0 aliphatic carbocycles. The molecule has 1 aromatic carbocycles. The van der Waals surface area contributed by atoms with E-state index in [9.17, 15) is 14.4 Å². The van der Waals surface area contributed by atoms with Crippen LogP contribution in [0.15, 0.2) is 30.3 Å². The molecule has 0 spiro atoms. The number of amides is 2. The Morgan fingerprint density at radius 2 is 1.90 bits per heavy atom. The Morgan fingerprint density at radius 3 is 2.52 bits per heavy atom. The summed E-state index contributed by atoms with van der Waals surface area (Å²) in [6, 6.07) is 8.24. The molecule has 0 radical (unpaired) electrons. The number of carboxylic acid groups (broad SMARTS) is 1. The maximum atomic E-state index is 11.4. The third kappa shape index (κ3) is 6.95. The van der Waals surface area contributed by atoms with Crippen LogP contribution in [-0.4, -0.2) is 35.7 Å². The molecule has 0 saturated carbocycles. The highest BCUT2D eigenvalue weighted by molar-refractivity contribution is 5.83. The normalized spacial score (nSPS) is 11.3. The van der Waals surface area contributed by atoms with Gasteiger partial charge in [0, 0.05) is 13.0 Å². The number of rotatable bonds is 7. The van der Waals surface area contributed by atoms with Gasteiger partial charge in [-0.1, -0.05) is 30.3 Å². The van der Waals surface area contributed by atoms with Crippen molar-refractivity contribution < 1.29 is 24.2 Å². The van der Waals surface area contributed by atoms with Gasteiger partial charge < -0.3 is 20.5 Å². The first-order valence-electron chi connectivity index (χ1n) is 6.45. The average Bonchev–Trinajstić information content (AvgIpc) is 2.46. The lowest BCUT2D eigenvalue weighted by Crippen LogP contribution is -2.39. The minimum absolute atomic E-state index is 0.0158. The van der Waals surface area contributed by atoms with Gasteiger partial charge in [-0.25, -0.2) is 4.79 Å². The molecule has 0 aromatic heterocycles. The van der Waals surface area contributed by atoms with E-state index in [4.69, 9.17) is 9.84 Å². The van der Waals surface area contributed by atoms with Gasteiger partial charge >= 0.3 is 12.1 Å². The number of carbonyl (C=O) groups excluding carboxylic acids is 2. The Bertz CT molecular complexity index is 489. The summed E-state index contributed by atoms with van der Waals surface area (Å²) in [7, 11) is 0. The van der Waals surface area contributed by atoms with Crippen LogP contribution < -0.4 is 10.6 Å². The monoisotopic (exact) mass is 294 g/mol. The van der Waals surface area contributed by atoms with E-state index in [1.165, 1.54) is 6.92 Å². The molecule has 0 fully saturated rings. The maximum absolute atomic E-state index is 11.4. The number of benzene rings is 1. The highest BCUT2D eigenvalue weighted by atomic mass is 16.5. The third-order valence-corrected chi connectivity index (χ3v) is 2.58. The highest BCUT2D eigenvalue weighted by Crippen LogP contribution is 2.00. The van der Waals surface area contributed by atoms with Crippen LogP contribution in [0, 0.1) is 0 Å². The summed E-state index contributed by atoms with van der Waals surface area (Å²) < 4.78 is 4.95. The number of hydrogen-bond acceptors (Lipinski definition) is 4. The van der Waals surface area contributed by atoms with E-state index in [0.29, 0.717) is 0 Å². The molecule has 0 unspecified atom stereocenters. The molecule has 2 amide bonds. The lowest BCUT2D eigenvalue weighted by molar-refractivity contribution is -0.141. The molecule has 7 nitrogen and oxygen atoms in total. The highest BCUT2D eigenvalue weighted by Gasteiger charge is 2.13. The molecule has 1 rings (SSSR count). The second-order valence-electron chi connectivity index (χ2n) is 4.37. The summed E-state index contributed by atoms with van der Waals surface area (Å²) in [5.74, 6) is -1.56. The standard InChI is InChI=1S/C14H18N2O5/c1-10(13(18)19)16-12(17)7-8-15-14(20)21-9-11-5-3-2-4-6-11/h2-6,10H,7-9H2,1H3,(H,15,20)(H,16,17)(H,18,19)/t10-/m1/s1. The Morgan fingerprint density at radius 1 is 1.24 bits per heavy atom. The van der Waals surface area contributed by atoms with Gasteiger partial charge in [0.15, 0.2) is 0 Å². The largest absolute Gasteiger partial charge is 0.480 e. The Balaban J connectivity index is 2.16. The van der Waals surface area contributed by atoms with E-state index in [1.54, 1.807) is 0 Å². The summed E-state index contributed by atoms with van der Waals surface area (Å²) >= 11 is 0. The minimum Gasteiger partial charge on any atom is -0.480 e. The first kappa shape index (κ1) is 16.5. The maximum Gasteiger partial charge on any atom is 0.407 e. The fourth-order valence-corrected chi connectivity index (χ4v) is 1.43. The number of nitrogens with one attached hydrogen (secondary N) is 2. The van der Waals surface area contributed by atoms with Gasteiger partial charge in [0.05, 0.1) is 0 Å². The molecule has 21 heavy (non-hydrogen) atoms. The zero-order valence-electron chi connectivity index (χ0n) is 11.7. The molecule has 114 valence electrons. The molecule has 0 bridgehead atoms. The van der Waals surface area contributed by atoms with Crippen LogP contribution in [0.1, 0.15) is 18.9 Å². The van der Waals surface area contributed by atoms with Crippen molar-refractivity contribution in [3.63, 3.8) is 0 Å². The predicted molar refractivity (Wildman–Crippen MR) is 74.5 cm³/mol. The zero-order valence-corrected chi connectivity index (χ0v) is 11.7. The van der Waals surface area contributed by atoms with Crippen molar-refractivity contribution in [3.8, 4) is 0 Å². The molecule has 0 aliphatic heterocycles. The Kier molecular flexibility index (Phi) is 6.73. The van der Waals surface area contributed by atoms with Crippen molar-refractivity contribution in [3.05, 3.63) is 35.9 Å². The second-order valence-corrected chi connectivity index (χ2v) is 4.37. The van der Waals surface area contributed by atoms with Gasteiger partial charge in [0.25, 0.3) is 0 Å². The SMILES string of the molecule is C[C@@H](NC(=O)CCNC(=O)OCc1ccccc1)C(=O)O. The number of hydrogen-bond donors (Lipinski definition) is 3. The molecular weight excluding hydrogens is 276 g/mol. The second kappa shape index (κ2) is 8.57. The van der Waals surface area contributed by atoms with E-state index in [0.717, 1.165) is 5.56 Å². The first-order valence-corrected chi connectivity index (χ1v) is 6.45. The van der Waals surface area contributed by atoms with Crippen LogP contribution in [0.25, 0.3) is 0 Å². The van der Waals surface area contributed by atoms with E-state index in [-0.39, 0.29) is 19.6 Å². The number of carbonyl (C=O) groups is 3. The van der Waals surface area contributed by atoms with Crippen LogP contribution in [0.2, 0.25) is 0 Å². The molecule has 3 N–H and O–H groups in total. The van der Waals surface area contributed by atoms with Crippen LogP contribution >= 0.6 is 0 Å².